The maximum absolute atomic E-state index is 13.2. The molecule has 0 fully saturated rings. The highest BCUT2D eigenvalue weighted by Gasteiger charge is 2.12. The summed E-state index contributed by atoms with van der Waals surface area (Å²) in [4.78, 5) is 17.9. The van der Waals surface area contributed by atoms with Crippen molar-refractivity contribution in [2.75, 3.05) is 0 Å². The van der Waals surface area contributed by atoms with Gasteiger partial charge in [0.2, 0.25) is 0 Å². The van der Waals surface area contributed by atoms with Crippen LogP contribution in [0.25, 0.3) is 21.8 Å². The molecule has 0 amide bonds. The zero-order valence-corrected chi connectivity index (χ0v) is 12.0. The normalized spacial score (nSPS) is 10.8. The molecule has 3 aromatic rings. The van der Waals surface area contributed by atoms with Crippen molar-refractivity contribution in [1.29, 1.82) is 0 Å². The molecule has 0 aliphatic carbocycles. The predicted molar refractivity (Wildman–Crippen MR) is 79.3 cm³/mol. The van der Waals surface area contributed by atoms with Crippen LogP contribution in [0.3, 0.4) is 0 Å². The molecule has 0 radical (unpaired) electrons. The topological polar surface area (TPSA) is 66.0 Å². The first-order valence-electron chi connectivity index (χ1n) is 5.87. The third-order valence-corrected chi connectivity index (χ3v) is 4.06. The van der Waals surface area contributed by atoms with E-state index < -0.39 is 11.8 Å². The van der Waals surface area contributed by atoms with Crippen LogP contribution >= 0.6 is 22.9 Å². The van der Waals surface area contributed by atoms with Gasteiger partial charge in [0.25, 0.3) is 0 Å². The van der Waals surface area contributed by atoms with Gasteiger partial charge in [-0.1, -0.05) is 11.6 Å². The van der Waals surface area contributed by atoms with E-state index in [1.807, 2.05) is 0 Å². The van der Waals surface area contributed by atoms with Crippen LogP contribution in [0.15, 0.2) is 35.8 Å². The second-order valence-electron chi connectivity index (χ2n) is 4.27. The summed E-state index contributed by atoms with van der Waals surface area (Å²) in [5.74, 6) is -1.50. The molecule has 106 valence electrons. The van der Waals surface area contributed by atoms with Crippen LogP contribution in [0.5, 0.6) is 0 Å². The SMILES string of the molecule is O=C(O)c1cc(-c2csc(-c3ccc(F)c(Cl)c3)n2)c[nH]1. The Balaban J connectivity index is 1.95. The first kappa shape index (κ1) is 13.8. The molecule has 4 nitrogen and oxygen atoms in total. The van der Waals surface area contributed by atoms with E-state index in [1.165, 1.54) is 29.5 Å². The predicted octanol–water partition coefficient (Wildman–Crippen LogP) is 4.30. The fourth-order valence-corrected chi connectivity index (χ4v) is 2.84. The highest BCUT2D eigenvalue weighted by Crippen LogP contribution is 2.31. The van der Waals surface area contributed by atoms with Gasteiger partial charge in [0, 0.05) is 22.7 Å². The summed E-state index contributed by atoms with van der Waals surface area (Å²) in [6, 6.07) is 5.92. The number of carbonyl (C=O) groups is 1. The van der Waals surface area contributed by atoms with Gasteiger partial charge in [0.1, 0.15) is 16.5 Å². The van der Waals surface area contributed by atoms with Crippen LogP contribution in [-0.4, -0.2) is 21.0 Å². The molecule has 0 bridgehead atoms. The van der Waals surface area contributed by atoms with Gasteiger partial charge in [-0.25, -0.2) is 14.2 Å². The number of benzene rings is 1. The lowest BCUT2D eigenvalue weighted by Crippen LogP contribution is -1.94. The molecule has 0 aliphatic heterocycles. The monoisotopic (exact) mass is 322 g/mol. The maximum Gasteiger partial charge on any atom is 0.352 e. The van der Waals surface area contributed by atoms with Gasteiger partial charge in [0.05, 0.1) is 10.7 Å². The van der Waals surface area contributed by atoms with E-state index in [-0.39, 0.29) is 10.7 Å². The first-order valence-corrected chi connectivity index (χ1v) is 7.13. The molecule has 2 aromatic heterocycles. The molecular formula is C14H8ClFN2O2S. The summed E-state index contributed by atoms with van der Waals surface area (Å²) in [7, 11) is 0. The van der Waals surface area contributed by atoms with Gasteiger partial charge < -0.3 is 10.1 Å². The molecule has 0 unspecified atom stereocenters. The molecule has 0 saturated heterocycles. The van der Waals surface area contributed by atoms with Crippen LogP contribution < -0.4 is 0 Å². The Bertz CT molecular complexity index is 828. The van der Waals surface area contributed by atoms with Crippen molar-refractivity contribution in [2.24, 2.45) is 0 Å². The van der Waals surface area contributed by atoms with Gasteiger partial charge in [-0.15, -0.1) is 11.3 Å². The van der Waals surface area contributed by atoms with Crippen molar-refractivity contribution in [3.63, 3.8) is 0 Å². The number of aromatic amines is 1. The molecular weight excluding hydrogens is 315 g/mol. The Kier molecular flexibility index (Phi) is 3.48. The number of nitrogens with zero attached hydrogens (tertiary/aromatic N) is 1. The molecule has 21 heavy (non-hydrogen) atoms. The van der Waals surface area contributed by atoms with E-state index >= 15 is 0 Å². The molecule has 2 N–H and O–H groups in total. The van der Waals surface area contributed by atoms with E-state index in [0.29, 0.717) is 21.8 Å². The number of thiazole rings is 1. The Labute approximate surface area is 127 Å². The zero-order chi connectivity index (χ0) is 15.0. The highest BCUT2D eigenvalue weighted by molar-refractivity contribution is 7.13. The number of carboxylic acid groups (broad SMARTS) is 1. The van der Waals surface area contributed by atoms with E-state index in [1.54, 1.807) is 17.6 Å². The number of halogens is 2. The Morgan fingerprint density at radius 3 is 2.81 bits per heavy atom. The fourth-order valence-electron chi connectivity index (χ4n) is 1.83. The number of H-pyrrole nitrogens is 1. The van der Waals surface area contributed by atoms with E-state index in [4.69, 9.17) is 16.7 Å². The summed E-state index contributed by atoms with van der Waals surface area (Å²) in [5, 5.41) is 11.4. The van der Waals surface area contributed by atoms with E-state index in [2.05, 4.69) is 9.97 Å². The molecule has 3 rings (SSSR count). The van der Waals surface area contributed by atoms with Crippen molar-refractivity contribution in [3.05, 3.63) is 52.4 Å². The average Bonchev–Trinajstić information content (AvgIpc) is 3.09. The van der Waals surface area contributed by atoms with E-state index in [9.17, 15) is 9.18 Å². The fraction of sp³-hybridized carbons (Fsp3) is 0. The summed E-state index contributed by atoms with van der Waals surface area (Å²) in [6.07, 6.45) is 1.58. The van der Waals surface area contributed by atoms with Gasteiger partial charge in [0.15, 0.2) is 0 Å². The van der Waals surface area contributed by atoms with Crippen molar-refractivity contribution >= 4 is 28.9 Å². The third kappa shape index (κ3) is 2.68. The minimum absolute atomic E-state index is 0.0408. The third-order valence-electron chi connectivity index (χ3n) is 2.88. The Hall–Kier alpha value is -2.18. The molecule has 2 heterocycles. The van der Waals surface area contributed by atoms with Gasteiger partial charge in [-0.2, -0.15) is 0 Å². The molecule has 0 spiro atoms. The van der Waals surface area contributed by atoms with E-state index in [0.717, 1.165) is 0 Å². The van der Waals surface area contributed by atoms with Crippen LogP contribution in [0.2, 0.25) is 5.02 Å². The molecule has 0 saturated carbocycles. The van der Waals surface area contributed by atoms with Crippen molar-refractivity contribution < 1.29 is 14.3 Å². The van der Waals surface area contributed by atoms with Crippen LogP contribution in [0.4, 0.5) is 4.39 Å². The van der Waals surface area contributed by atoms with Crippen molar-refractivity contribution in [1.82, 2.24) is 9.97 Å². The number of hydrogen-bond donors (Lipinski definition) is 2. The number of aromatic carboxylic acids is 1. The minimum atomic E-state index is -1.03. The number of nitrogens with one attached hydrogen (secondary N) is 1. The molecule has 1 aromatic carbocycles. The maximum atomic E-state index is 13.2. The lowest BCUT2D eigenvalue weighted by Gasteiger charge is -1.98. The standard InChI is InChI=1S/C14H8ClFN2O2S/c15-9-3-7(1-2-10(9)16)13-18-12(6-21-13)8-4-11(14(19)20)17-5-8/h1-6,17H,(H,19,20). The minimum Gasteiger partial charge on any atom is -0.477 e. The largest absolute Gasteiger partial charge is 0.477 e. The summed E-state index contributed by atoms with van der Waals surface area (Å²) >= 11 is 7.13. The van der Waals surface area contributed by atoms with Gasteiger partial charge >= 0.3 is 5.97 Å². The molecule has 0 aliphatic rings. The van der Waals surface area contributed by atoms with Crippen molar-refractivity contribution in [2.45, 2.75) is 0 Å². The number of hydrogen-bond acceptors (Lipinski definition) is 3. The van der Waals surface area contributed by atoms with Crippen LogP contribution in [0.1, 0.15) is 10.5 Å². The second-order valence-corrected chi connectivity index (χ2v) is 5.54. The summed E-state index contributed by atoms with van der Waals surface area (Å²) < 4.78 is 13.2. The van der Waals surface area contributed by atoms with Gasteiger partial charge in [-0.3, -0.25) is 0 Å². The quantitative estimate of drug-likeness (QED) is 0.755. The second kappa shape index (κ2) is 5.31. The number of rotatable bonds is 3. The molecule has 0 atom stereocenters. The first-order chi connectivity index (χ1) is 10.0. The van der Waals surface area contributed by atoms with Gasteiger partial charge in [-0.05, 0) is 24.3 Å². The van der Waals surface area contributed by atoms with Crippen molar-refractivity contribution in [3.8, 4) is 21.8 Å². The number of aromatic nitrogens is 2. The summed E-state index contributed by atoms with van der Waals surface area (Å²) in [5.41, 5.74) is 2.15. The molecule has 7 heteroatoms. The summed E-state index contributed by atoms with van der Waals surface area (Å²) in [6.45, 7) is 0. The average molecular weight is 323 g/mol. The Morgan fingerprint density at radius 1 is 1.33 bits per heavy atom. The number of carboxylic acids is 1. The zero-order valence-electron chi connectivity index (χ0n) is 10.4. The van der Waals surface area contributed by atoms with Crippen LogP contribution in [0, 0.1) is 5.82 Å². The highest BCUT2D eigenvalue weighted by atomic mass is 35.5. The van der Waals surface area contributed by atoms with Crippen LogP contribution in [-0.2, 0) is 0 Å². The smallest absolute Gasteiger partial charge is 0.352 e. The Morgan fingerprint density at radius 2 is 2.14 bits per heavy atom. The lowest BCUT2D eigenvalue weighted by atomic mass is 10.2. The lowest BCUT2D eigenvalue weighted by molar-refractivity contribution is 0.0691.